The second kappa shape index (κ2) is 5.61. The summed E-state index contributed by atoms with van der Waals surface area (Å²) in [6.07, 6.45) is 0. The summed E-state index contributed by atoms with van der Waals surface area (Å²) in [6.45, 7) is 1.83. The van der Waals surface area contributed by atoms with Gasteiger partial charge >= 0.3 is 9.28 Å². The van der Waals surface area contributed by atoms with E-state index in [2.05, 4.69) is 11.8 Å². The molecule has 2 nitrogen and oxygen atoms in total. The van der Waals surface area contributed by atoms with E-state index in [0.29, 0.717) is 0 Å². The van der Waals surface area contributed by atoms with Gasteiger partial charge in [0.1, 0.15) is 0 Å². The van der Waals surface area contributed by atoms with E-state index in [1.165, 1.54) is 0 Å². The van der Waals surface area contributed by atoms with E-state index in [-0.39, 0.29) is 0 Å². The van der Waals surface area contributed by atoms with Crippen molar-refractivity contribution in [2.75, 3.05) is 14.2 Å². The van der Waals surface area contributed by atoms with Crippen molar-refractivity contribution in [1.82, 2.24) is 0 Å². The van der Waals surface area contributed by atoms with Crippen molar-refractivity contribution in [1.29, 1.82) is 0 Å². The Balaban J connectivity index is 3.09. The molecule has 14 heavy (non-hydrogen) atoms. The van der Waals surface area contributed by atoms with Crippen LogP contribution >= 0.6 is 0 Å². The summed E-state index contributed by atoms with van der Waals surface area (Å²) in [6, 6.07) is 7.96. The molecule has 0 spiro atoms. The van der Waals surface area contributed by atoms with Gasteiger partial charge in [-0.05, 0) is 13.0 Å². The minimum atomic E-state index is -1.72. The monoisotopic (exact) mass is 206 g/mol. The first kappa shape index (κ1) is 11.0. The average molecular weight is 206 g/mol. The maximum Gasteiger partial charge on any atom is 0.356 e. The zero-order valence-corrected chi connectivity index (χ0v) is 9.86. The highest BCUT2D eigenvalue weighted by atomic mass is 28.3. The summed E-state index contributed by atoms with van der Waals surface area (Å²) >= 11 is 0. The van der Waals surface area contributed by atoms with Crippen LogP contribution in [-0.4, -0.2) is 23.5 Å². The minimum Gasteiger partial charge on any atom is -0.397 e. The van der Waals surface area contributed by atoms with Crippen molar-refractivity contribution in [3.05, 3.63) is 29.8 Å². The number of hydrogen-bond acceptors (Lipinski definition) is 2. The van der Waals surface area contributed by atoms with Gasteiger partial charge in [-0.2, -0.15) is 0 Å². The molecule has 1 rings (SSSR count). The second-order valence-electron chi connectivity index (χ2n) is 2.77. The van der Waals surface area contributed by atoms with Gasteiger partial charge in [-0.1, -0.05) is 24.1 Å². The minimum absolute atomic E-state index is 1.01. The van der Waals surface area contributed by atoms with Crippen LogP contribution in [-0.2, 0) is 8.85 Å². The van der Waals surface area contributed by atoms with E-state index in [1.807, 2.05) is 31.2 Å². The molecule has 3 heteroatoms. The van der Waals surface area contributed by atoms with Gasteiger partial charge in [0.2, 0.25) is 0 Å². The molecule has 74 valence electrons. The van der Waals surface area contributed by atoms with E-state index < -0.39 is 9.28 Å². The lowest BCUT2D eigenvalue weighted by molar-refractivity contribution is 0.292. The van der Waals surface area contributed by atoms with Crippen LogP contribution in [0.2, 0.25) is 0 Å². The van der Waals surface area contributed by atoms with Crippen molar-refractivity contribution in [3.8, 4) is 11.8 Å². The zero-order valence-electron chi connectivity index (χ0n) is 8.70. The lowest BCUT2D eigenvalue weighted by Crippen LogP contribution is -2.36. The average Bonchev–Trinajstić information content (AvgIpc) is 2.23. The Hall–Kier alpha value is -1.08. The third kappa shape index (κ3) is 2.45. The van der Waals surface area contributed by atoms with Crippen LogP contribution < -0.4 is 5.19 Å². The quantitative estimate of drug-likeness (QED) is 0.537. The summed E-state index contributed by atoms with van der Waals surface area (Å²) in [4.78, 5) is 0. The summed E-state index contributed by atoms with van der Waals surface area (Å²) < 4.78 is 10.6. The van der Waals surface area contributed by atoms with E-state index in [4.69, 9.17) is 8.85 Å². The molecule has 1 aromatic carbocycles. The Morgan fingerprint density at radius 1 is 1.14 bits per heavy atom. The molecular formula is C11H14O2Si. The highest BCUT2D eigenvalue weighted by Crippen LogP contribution is 1.98. The summed E-state index contributed by atoms with van der Waals surface area (Å²) in [5.74, 6) is 5.94. The SMILES string of the molecule is CC#Cc1ccccc1[SiH](OC)OC. The predicted octanol–water partition coefficient (Wildman–Crippen LogP) is 0.778. The molecule has 0 saturated heterocycles. The highest BCUT2D eigenvalue weighted by Gasteiger charge is 2.15. The van der Waals surface area contributed by atoms with Crippen molar-refractivity contribution >= 4 is 14.5 Å². The molecule has 0 N–H and O–H groups in total. The normalized spacial score (nSPS) is 9.71. The summed E-state index contributed by atoms with van der Waals surface area (Å²) in [5, 5.41) is 1.10. The van der Waals surface area contributed by atoms with Gasteiger partial charge in [-0.3, -0.25) is 0 Å². The van der Waals surface area contributed by atoms with Crippen molar-refractivity contribution < 1.29 is 8.85 Å². The van der Waals surface area contributed by atoms with Gasteiger partial charge in [-0.15, -0.1) is 5.92 Å². The Labute approximate surface area is 86.7 Å². The van der Waals surface area contributed by atoms with Gasteiger partial charge < -0.3 is 8.85 Å². The van der Waals surface area contributed by atoms with Crippen molar-refractivity contribution in [2.24, 2.45) is 0 Å². The van der Waals surface area contributed by atoms with Gasteiger partial charge in [0.15, 0.2) is 0 Å². The van der Waals surface area contributed by atoms with Crippen LogP contribution in [0, 0.1) is 11.8 Å². The molecule has 0 radical (unpaired) electrons. The molecule has 1 aromatic rings. The maximum atomic E-state index is 5.32. The molecule has 0 aromatic heterocycles. The van der Waals surface area contributed by atoms with Crippen LogP contribution in [0.1, 0.15) is 12.5 Å². The first-order valence-corrected chi connectivity index (χ1v) is 5.92. The molecule has 0 aliphatic heterocycles. The van der Waals surface area contributed by atoms with Gasteiger partial charge in [0.05, 0.1) is 0 Å². The van der Waals surface area contributed by atoms with E-state index in [0.717, 1.165) is 10.8 Å². The van der Waals surface area contributed by atoms with Crippen LogP contribution in [0.15, 0.2) is 24.3 Å². The topological polar surface area (TPSA) is 18.5 Å². The molecule has 0 aliphatic carbocycles. The lowest BCUT2D eigenvalue weighted by Gasteiger charge is -2.12. The molecule has 0 amide bonds. The third-order valence-corrected chi connectivity index (χ3v) is 3.77. The van der Waals surface area contributed by atoms with Crippen molar-refractivity contribution in [3.63, 3.8) is 0 Å². The molecule has 0 unspecified atom stereocenters. The lowest BCUT2D eigenvalue weighted by atomic mass is 10.2. The molecule has 0 fully saturated rings. The Morgan fingerprint density at radius 2 is 1.79 bits per heavy atom. The van der Waals surface area contributed by atoms with Crippen LogP contribution in [0.5, 0.6) is 0 Å². The van der Waals surface area contributed by atoms with Crippen molar-refractivity contribution in [2.45, 2.75) is 6.92 Å². The number of rotatable bonds is 3. The van der Waals surface area contributed by atoms with Gasteiger partial charge in [0.25, 0.3) is 0 Å². The molecular weight excluding hydrogens is 192 g/mol. The molecule has 0 atom stereocenters. The number of benzene rings is 1. The predicted molar refractivity (Wildman–Crippen MR) is 59.8 cm³/mol. The molecule has 0 bridgehead atoms. The fraction of sp³-hybridized carbons (Fsp3) is 0.273. The Kier molecular flexibility index (Phi) is 4.40. The smallest absolute Gasteiger partial charge is 0.356 e. The van der Waals surface area contributed by atoms with Gasteiger partial charge in [-0.25, -0.2) is 0 Å². The first-order chi connectivity index (χ1) is 6.83. The highest BCUT2D eigenvalue weighted by molar-refractivity contribution is 6.62. The molecule has 0 saturated carbocycles. The second-order valence-corrected chi connectivity index (χ2v) is 4.99. The number of hydrogen-bond donors (Lipinski definition) is 0. The Morgan fingerprint density at radius 3 is 2.36 bits per heavy atom. The molecule has 0 heterocycles. The zero-order chi connectivity index (χ0) is 10.4. The third-order valence-electron chi connectivity index (χ3n) is 1.90. The first-order valence-electron chi connectivity index (χ1n) is 4.40. The molecule has 0 aliphatic rings. The van der Waals surface area contributed by atoms with E-state index in [9.17, 15) is 0 Å². The van der Waals surface area contributed by atoms with E-state index in [1.54, 1.807) is 14.2 Å². The fourth-order valence-corrected chi connectivity index (χ4v) is 2.69. The maximum absolute atomic E-state index is 5.32. The van der Waals surface area contributed by atoms with Crippen LogP contribution in [0.4, 0.5) is 0 Å². The van der Waals surface area contributed by atoms with Crippen LogP contribution in [0.25, 0.3) is 0 Å². The Bertz CT molecular complexity index is 348. The van der Waals surface area contributed by atoms with E-state index >= 15 is 0 Å². The standard InChI is InChI=1S/C11H14O2Si/c1-4-7-10-8-5-6-9-11(10)14(12-2)13-3/h5-6,8-9,14H,1-3H3. The summed E-state index contributed by atoms with van der Waals surface area (Å²) in [5.41, 5.74) is 1.01. The van der Waals surface area contributed by atoms with Gasteiger partial charge in [0, 0.05) is 25.0 Å². The largest absolute Gasteiger partial charge is 0.397 e. The summed E-state index contributed by atoms with van der Waals surface area (Å²) in [7, 11) is 1.63. The van der Waals surface area contributed by atoms with Crippen LogP contribution in [0.3, 0.4) is 0 Å². The fourth-order valence-electron chi connectivity index (χ4n) is 1.30.